The zero-order valence-electron chi connectivity index (χ0n) is 23.5. The van der Waals surface area contributed by atoms with Crippen molar-refractivity contribution in [3.63, 3.8) is 0 Å². The lowest BCUT2D eigenvalue weighted by Gasteiger charge is -2.51. The minimum atomic E-state index is -0.0209. The standard InChI is InChI=1S/C37H38N2/c1-5-37-22-21-36(3,4)27-17-18-29(31(37)24-27)30-19-20-32-34(16-11-23-38-32)39(35(30)25(37)2)33-15-10-9-14-28(33)26-12-7-6-8-13-26/h6-18,23-24,30,35H,2,5,19-22H2,1,3-4H3. The molecule has 2 bridgehead atoms. The molecular weight excluding hydrogens is 472 g/mol. The predicted molar refractivity (Wildman–Crippen MR) is 163 cm³/mol. The Kier molecular flexibility index (Phi) is 5.60. The maximum absolute atomic E-state index is 5.04. The van der Waals surface area contributed by atoms with E-state index in [9.17, 15) is 0 Å². The van der Waals surface area contributed by atoms with Crippen LogP contribution in [0.25, 0.3) is 11.1 Å². The molecule has 0 N–H and O–H groups in total. The summed E-state index contributed by atoms with van der Waals surface area (Å²) in [5.74, 6) is 0.362. The van der Waals surface area contributed by atoms with Crippen molar-refractivity contribution in [3.8, 4) is 11.1 Å². The number of aromatic nitrogens is 1. The van der Waals surface area contributed by atoms with Crippen LogP contribution in [0.1, 0.15) is 74.8 Å². The molecule has 0 radical (unpaired) electrons. The van der Waals surface area contributed by atoms with Crippen LogP contribution >= 0.6 is 0 Å². The number of nitrogens with zero attached hydrogens (tertiary/aromatic N) is 2. The predicted octanol–water partition coefficient (Wildman–Crippen LogP) is 9.27. The van der Waals surface area contributed by atoms with E-state index in [1.807, 2.05) is 6.20 Å². The third kappa shape index (κ3) is 3.57. The zero-order valence-corrected chi connectivity index (χ0v) is 23.5. The maximum atomic E-state index is 5.04. The van der Waals surface area contributed by atoms with Crippen LogP contribution < -0.4 is 4.90 Å². The summed E-state index contributed by atoms with van der Waals surface area (Å²) in [6, 6.07) is 31.8. The Morgan fingerprint density at radius 3 is 2.49 bits per heavy atom. The molecule has 196 valence electrons. The molecule has 0 saturated heterocycles. The molecule has 39 heavy (non-hydrogen) atoms. The van der Waals surface area contributed by atoms with Gasteiger partial charge in [0.1, 0.15) is 0 Å². The third-order valence-corrected chi connectivity index (χ3v) is 10.2. The topological polar surface area (TPSA) is 16.1 Å². The number of aryl methyl sites for hydroxylation is 1. The second kappa shape index (κ2) is 8.95. The summed E-state index contributed by atoms with van der Waals surface area (Å²) in [5.41, 5.74) is 12.3. The fourth-order valence-electron chi connectivity index (χ4n) is 7.90. The summed E-state index contributed by atoms with van der Waals surface area (Å²) in [4.78, 5) is 7.58. The van der Waals surface area contributed by atoms with Gasteiger partial charge in [-0.2, -0.15) is 0 Å². The van der Waals surface area contributed by atoms with Gasteiger partial charge in [0, 0.05) is 28.8 Å². The van der Waals surface area contributed by atoms with Crippen molar-refractivity contribution in [2.24, 2.45) is 0 Å². The Morgan fingerprint density at radius 1 is 0.897 bits per heavy atom. The van der Waals surface area contributed by atoms with Gasteiger partial charge in [-0.25, -0.2) is 0 Å². The molecule has 0 saturated carbocycles. The van der Waals surface area contributed by atoms with Crippen molar-refractivity contribution < 1.29 is 0 Å². The molecule has 1 aromatic heterocycles. The number of anilines is 2. The monoisotopic (exact) mass is 510 g/mol. The summed E-state index contributed by atoms with van der Waals surface area (Å²) in [7, 11) is 0. The Hall–Kier alpha value is -3.65. The Morgan fingerprint density at radius 2 is 1.67 bits per heavy atom. The molecule has 3 aliphatic rings. The van der Waals surface area contributed by atoms with Gasteiger partial charge in [0.05, 0.1) is 17.4 Å². The first-order valence-corrected chi connectivity index (χ1v) is 14.7. The van der Waals surface area contributed by atoms with E-state index in [1.165, 1.54) is 51.3 Å². The molecule has 1 aliphatic heterocycles. The summed E-state index contributed by atoms with van der Waals surface area (Å²) < 4.78 is 0. The third-order valence-electron chi connectivity index (χ3n) is 10.2. The fraction of sp³-hybridized carbons (Fsp3) is 0.324. The van der Waals surface area contributed by atoms with Gasteiger partial charge in [0.25, 0.3) is 0 Å². The first kappa shape index (κ1) is 24.4. The molecule has 3 atom stereocenters. The van der Waals surface area contributed by atoms with Crippen LogP contribution in [0.15, 0.2) is 103 Å². The van der Waals surface area contributed by atoms with Crippen molar-refractivity contribution in [1.29, 1.82) is 0 Å². The number of hydrogen-bond acceptors (Lipinski definition) is 2. The summed E-state index contributed by atoms with van der Waals surface area (Å²) in [6.45, 7) is 12.3. The lowest BCUT2D eigenvalue weighted by atomic mass is 9.58. The maximum Gasteiger partial charge on any atom is 0.0640 e. The Balaban J connectivity index is 1.50. The SMILES string of the molecule is C=C1C2C(CCc3ncccc3N2c2ccccc2-c2ccccc2)c2ccc3cc2C1(CC)CCC3(C)C. The highest BCUT2D eigenvalue weighted by molar-refractivity contribution is 5.84. The van der Waals surface area contributed by atoms with Gasteiger partial charge in [-0.15, -0.1) is 0 Å². The van der Waals surface area contributed by atoms with E-state index in [-0.39, 0.29) is 16.9 Å². The van der Waals surface area contributed by atoms with Gasteiger partial charge in [0.2, 0.25) is 0 Å². The molecule has 3 aromatic carbocycles. The largest absolute Gasteiger partial charge is 0.332 e. The van der Waals surface area contributed by atoms with E-state index < -0.39 is 0 Å². The lowest BCUT2D eigenvalue weighted by Crippen LogP contribution is -2.48. The molecule has 0 fully saturated rings. The molecule has 3 unspecified atom stereocenters. The van der Waals surface area contributed by atoms with Crippen LogP contribution in [0.5, 0.6) is 0 Å². The lowest BCUT2D eigenvalue weighted by molar-refractivity contribution is 0.334. The van der Waals surface area contributed by atoms with Crippen molar-refractivity contribution >= 4 is 11.4 Å². The number of benzene rings is 3. The zero-order chi connectivity index (χ0) is 26.8. The number of para-hydroxylation sites is 1. The van der Waals surface area contributed by atoms with Crippen LogP contribution in [-0.2, 0) is 17.3 Å². The number of pyridine rings is 1. The average molecular weight is 511 g/mol. The molecule has 2 heterocycles. The minimum Gasteiger partial charge on any atom is -0.332 e. The normalized spacial score (nSPS) is 24.8. The first-order valence-electron chi connectivity index (χ1n) is 14.7. The van der Waals surface area contributed by atoms with Gasteiger partial charge < -0.3 is 4.90 Å². The Labute approximate surface area is 233 Å². The summed E-state index contributed by atoms with van der Waals surface area (Å²) >= 11 is 0. The summed E-state index contributed by atoms with van der Waals surface area (Å²) in [5, 5.41) is 0. The molecule has 2 heteroatoms. The van der Waals surface area contributed by atoms with E-state index in [4.69, 9.17) is 11.6 Å². The second-order valence-corrected chi connectivity index (χ2v) is 12.5. The van der Waals surface area contributed by atoms with E-state index in [0.717, 1.165) is 25.7 Å². The van der Waals surface area contributed by atoms with E-state index in [2.05, 4.69) is 111 Å². The molecule has 0 spiro atoms. The first-order chi connectivity index (χ1) is 18.9. The van der Waals surface area contributed by atoms with Crippen molar-refractivity contribution in [1.82, 2.24) is 4.98 Å². The molecule has 0 amide bonds. The van der Waals surface area contributed by atoms with Crippen LogP contribution in [0.4, 0.5) is 11.4 Å². The van der Waals surface area contributed by atoms with Crippen LogP contribution in [-0.4, -0.2) is 11.0 Å². The molecule has 7 rings (SSSR count). The van der Waals surface area contributed by atoms with Crippen LogP contribution in [0.2, 0.25) is 0 Å². The molecular formula is C37H38N2. The number of hydrogen-bond donors (Lipinski definition) is 0. The fourth-order valence-corrected chi connectivity index (χ4v) is 7.90. The minimum absolute atomic E-state index is 0.0209. The van der Waals surface area contributed by atoms with E-state index in [1.54, 1.807) is 5.56 Å². The van der Waals surface area contributed by atoms with Gasteiger partial charge in [-0.05, 0) is 83.5 Å². The van der Waals surface area contributed by atoms with E-state index in [0.29, 0.717) is 5.92 Å². The quantitative estimate of drug-likeness (QED) is 0.255. The van der Waals surface area contributed by atoms with Crippen LogP contribution in [0, 0.1) is 0 Å². The van der Waals surface area contributed by atoms with Gasteiger partial charge in [-0.1, -0.05) is 94.1 Å². The smallest absolute Gasteiger partial charge is 0.0640 e. The second-order valence-electron chi connectivity index (χ2n) is 12.5. The van der Waals surface area contributed by atoms with E-state index >= 15 is 0 Å². The highest BCUT2D eigenvalue weighted by atomic mass is 15.2. The average Bonchev–Trinajstić information content (AvgIpc) is 3.20. The van der Waals surface area contributed by atoms with Gasteiger partial charge in [0.15, 0.2) is 0 Å². The number of fused-ring (bicyclic) bond motifs is 4. The van der Waals surface area contributed by atoms with Gasteiger partial charge in [-0.3, -0.25) is 4.98 Å². The molecule has 4 aromatic rings. The van der Waals surface area contributed by atoms with Crippen molar-refractivity contribution in [2.75, 3.05) is 4.90 Å². The highest BCUT2D eigenvalue weighted by Crippen LogP contribution is 2.59. The summed E-state index contributed by atoms with van der Waals surface area (Å²) in [6.07, 6.45) is 7.40. The molecule has 2 aliphatic carbocycles. The van der Waals surface area contributed by atoms with Crippen LogP contribution in [0.3, 0.4) is 0 Å². The van der Waals surface area contributed by atoms with Crippen molar-refractivity contribution in [2.45, 2.75) is 75.7 Å². The van der Waals surface area contributed by atoms with Crippen molar-refractivity contribution in [3.05, 3.63) is 126 Å². The van der Waals surface area contributed by atoms with Gasteiger partial charge >= 0.3 is 0 Å². The molecule has 2 nitrogen and oxygen atoms in total. The Bertz CT molecular complexity index is 1570. The highest BCUT2D eigenvalue weighted by Gasteiger charge is 2.51. The number of rotatable bonds is 3.